The Bertz CT molecular complexity index is 3350. The van der Waals surface area contributed by atoms with E-state index in [1.54, 1.807) is 0 Å². The molecule has 0 N–H and O–H groups in total. The molecule has 0 radical (unpaired) electrons. The molecule has 0 amide bonds. The van der Waals surface area contributed by atoms with Crippen LogP contribution in [0.15, 0.2) is 237 Å². The summed E-state index contributed by atoms with van der Waals surface area (Å²) >= 11 is 0. The highest BCUT2D eigenvalue weighted by molar-refractivity contribution is 7.00. The Balaban J connectivity index is 1.20. The van der Waals surface area contributed by atoms with E-state index in [-0.39, 0.29) is 6.71 Å². The first-order valence-electron chi connectivity index (χ1n) is 22.6. The Morgan fingerprint density at radius 1 is 0.313 bits per heavy atom. The first-order chi connectivity index (χ1) is 33.1. The monoisotopic (exact) mass is 850 g/mol. The molecular weight excluding hydrogens is 812 g/mol. The van der Waals surface area contributed by atoms with Crippen molar-refractivity contribution in [3.05, 3.63) is 248 Å². The normalized spacial score (nSPS) is 12.1. The zero-order valence-corrected chi connectivity index (χ0v) is 36.4. The summed E-state index contributed by atoms with van der Waals surface area (Å²) in [6.07, 6.45) is 0. The summed E-state index contributed by atoms with van der Waals surface area (Å²) in [6.45, 7) is -0.168. The van der Waals surface area contributed by atoms with Crippen LogP contribution in [-0.4, -0.2) is 6.71 Å². The molecule has 12 rings (SSSR count). The molecule has 10 aromatic rings. The summed E-state index contributed by atoms with van der Waals surface area (Å²) in [7, 11) is 0. The van der Waals surface area contributed by atoms with Crippen LogP contribution < -0.4 is 26.2 Å². The Morgan fingerprint density at radius 2 is 0.701 bits per heavy atom. The number of hydrogen-bond acceptors (Lipinski definition) is 4. The van der Waals surface area contributed by atoms with Gasteiger partial charge in [0.05, 0.1) is 23.3 Å². The van der Waals surface area contributed by atoms with Gasteiger partial charge in [0.2, 0.25) is 0 Å². The van der Waals surface area contributed by atoms with Crippen LogP contribution in [0.3, 0.4) is 0 Å². The van der Waals surface area contributed by atoms with E-state index in [0.717, 1.165) is 84.2 Å². The molecule has 5 heteroatoms. The van der Waals surface area contributed by atoms with Crippen molar-refractivity contribution in [1.29, 1.82) is 10.5 Å². The quantitative estimate of drug-likeness (QED) is 0.150. The molecule has 0 atom stereocenters. The van der Waals surface area contributed by atoms with Crippen molar-refractivity contribution in [2.24, 2.45) is 0 Å². The van der Waals surface area contributed by atoms with Crippen molar-refractivity contribution in [3.8, 4) is 67.8 Å². The van der Waals surface area contributed by atoms with Gasteiger partial charge < -0.3 is 9.80 Å². The Kier molecular flexibility index (Phi) is 9.68. The second kappa shape index (κ2) is 16.4. The second-order valence-corrected chi connectivity index (χ2v) is 17.1. The maximum Gasteiger partial charge on any atom is 0.252 e. The van der Waals surface area contributed by atoms with E-state index in [1.807, 2.05) is 48.5 Å². The third kappa shape index (κ3) is 6.78. The van der Waals surface area contributed by atoms with E-state index in [0.29, 0.717) is 11.1 Å². The zero-order valence-electron chi connectivity index (χ0n) is 36.4. The van der Waals surface area contributed by atoms with E-state index < -0.39 is 0 Å². The molecule has 0 aliphatic carbocycles. The van der Waals surface area contributed by atoms with Crippen LogP contribution >= 0.6 is 0 Å². The molecule has 0 saturated carbocycles. The number of benzene rings is 10. The first kappa shape index (κ1) is 39.4. The third-order valence-electron chi connectivity index (χ3n) is 13.3. The van der Waals surface area contributed by atoms with Crippen molar-refractivity contribution >= 4 is 57.2 Å². The van der Waals surface area contributed by atoms with E-state index in [9.17, 15) is 10.5 Å². The van der Waals surface area contributed by atoms with E-state index in [2.05, 4.69) is 210 Å². The topological polar surface area (TPSA) is 54.1 Å². The van der Waals surface area contributed by atoms with Crippen molar-refractivity contribution in [1.82, 2.24) is 0 Å². The highest BCUT2D eigenvalue weighted by Crippen LogP contribution is 2.49. The first-order valence-corrected chi connectivity index (χ1v) is 22.6. The molecule has 67 heavy (non-hydrogen) atoms. The van der Waals surface area contributed by atoms with Crippen LogP contribution in [0.2, 0.25) is 0 Å². The van der Waals surface area contributed by atoms with Crippen molar-refractivity contribution in [2.45, 2.75) is 0 Å². The van der Waals surface area contributed by atoms with Gasteiger partial charge in [0.1, 0.15) is 0 Å². The van der Waals surface area contributed by atoms with Crippen LogP contribution in [0.1, 0.15) is 11.1 Å². The number of anilines is 6. The molecule has 0 bridgehead atoms. The van der Waals surface area contributed by atoms with Crippen molar-refractivity contribution in [3.63, 3.8) is 0 Å². The largest absolute Gasteiger partial charge is 0.311 e. The van der Waals surface area contributed by atoms with Gasteiger partial charge in [0.15, 0.2) is 0 Å². The van der Waals surface area contributed by atoms with Crippen LogP contribution in [0.5, 0.6) is 0 Å². The van der Waals surface area contributed by atoms with Crippen molar-refractivity contribution < 1.29 is 0 Å². The lowest BCUT2D eigenvalue weighted by Crippen LogP contribution is -2.61. The van der Waals surface area contributed by atoms with Gasteiger partial charge in [-0.1, -0.05) is 164 Å². The van der Waals surface area contributed by atoms with E-state index >= 15 is 0 Å². The molecule has 2 heterocycles. The fourth-order valence-electron chi connectivity index (χ4n) is 10.3. The van der Waals surface area contributed by atoms with Crippen LogP contribution in [0.25, 0.3) is 55.6 Å². The molecule has 0 aromatic heterocycles. The second-order valence-electron chi connectivity index (χ2n) is 17.1. The van der Waals surface area contributed by atoms with Gasteiger partial charge in [-0.25, -0.2) is 0 Å². The predicted octanol–water partition coefficient (Wildman–Crippen LogP) is 13.8. The van der Waals surface area contributed by atoms with Gasteiger partial charge in [-0.3, -0.25) is 0 Å². The molecule has 310 valence electrons. The molecule has 0 fully saturated rings. The lowest BCUT2D eigenvalue weighted by molar-refractivity contribution is 1.25. The Morgan fingerprint density at radius 3 is 1.10 bits per heavy atom. The van der Waals surface area contributed by atoms with Gasteiger partial charge in [0.25, 0.3) is 6.71 Å². The minimum Gasteiger partial charge on any atom is -0.311 e. The average molecular weight is 851 g/mol. The number of fused-ring (bicyclic) bond motifs is 4. The maximum absolute atomic E-state index is 9.68. The van der Waals surface area contributed by atoms with Crippen LogP contribution in [0, 0.1) is 22.7 Å². The minimum atomic E-state index is -0.168. The minimum absolute atomic E-state index is 0.168. The Hall–Kier alpha value is -9.16. The lowest BCUT2D eigenvalue weighted by atomic mass is 9.33. The molecule has 0 saturated heterocycles. The molecule has 4 nitrogen and oxygen atoms in total. The smallest absolute Gasteiger partial charge is 0.252 e. The number of para-hydroxylation sites is 2. The summed E-state index contributed by atoms with van der Waals surface area (Å²) in [4.78, 5) is 4.92. The molecule has 2 aliphatic rings. The maximum atomic E-state index is 9.68. The number of nitrogens with zero attached hydrogens (tertiary/aromatic N) is 4. The van der Waals surface area contributed by atoms with E-state index in [4.69, 9.17) is 0 Å². The SMILES string of the molecule is N#Cc1ccc(-c2ccc3c(c2)B2c4cc(-c5ccc(C#N)cc5)ccc4N(c4ccccc4)c4cc(-c5c(-c6ccccc6)cccc5-c5ccccc5)cc(c42)N3c2ccccc2)cc1. The standard InChI is InChI=1S/C62H39BN4/c64-40-42-24-28-44(29-25-42)48-32-34-57-55(36-48)63-56-37-49(45-30-26-43(41-65)27-31-45)33-35-58(56)67(52-20-11-4-12-21-52)60-39-50(38-59(62(60)63)66(57)51-18-9-3-10-19-51)61-53(46-14-5-1-6-15-46)22-13-23-54(61)47-16-7-2-8-17-47/h1-39H. The molecular formula is C62H39BN4. The predicted molar refractivity (Wildman–Crippen MR) is 277 cm³/mol. The number of nitriles is 2. The lowest BCUT2D eigenvalue weighted by Gasteiger charge is -2.44. The fourth-order valence-corrected chi connectivity index (χ4v) is 10.3. The van der Waals surface area contributed by atoms with Crippen LogP contribution in [0.4, 0.5) is 34.1 Å². The fraction of sp³-hybridized carbons (Fsp3) is 0. The van der Waals surface area contributed by atoms with Gasteiger partial charge >= 0.3 is 0 Å². The molecule has 2 aliphatic heterocycles. The number of rotatable bonds is 7. The van der Waals surface area contributed by atoms with E-state index in [1.165, 1.54) is 22.0 Å². The highest BCUT2D eigenvalue weighted by Gasteiger charge is 2.44. The summed E-state index contributed by atoms with van der Waals surface area (Å²) in [5.74, 6) is 0. The third-order valence-corrected chi connectivity index (χ3v) is 13.3. The Labute approximate surface area is 391 Å². The zero-order chi connectivity index (χ0) is 44.8. The molecule has 10 aromatic carbocycles. The average Bonchev–Trinajstić information content (AvgIpc) is 3.41. The van der Waals surface area contributed by atoms with Crippen molar-refractivity contribution in [2.75, 3.05) is 9.80 Å². The van der Waals surface area contributed by atoms with Gasteiger partial charge in [-0.2, -0.15) is 10.5 Å². The summed E-state index contributed by atoms with van der Waals surface area (Å²) in [6, 6.07) is 88.6. The highest BCUT2D eigenvalue weighted by atomic mass is 15.2. The summed E-state index contributed by atoms with van der Waals surface area (Å²) < 4.78 is 0. The van der Waals surface area contributed by atoms with Gasteiger partial charge in [-0.15, -0.1) is 0 Å². The summed E-state index contributed by atoms with van der Waals surface area (Å²) in [5.41, 5.74) is 22.6. The summed E-state index contributed by atoms with van der Waals surface area (Å²) in [5, 5.41) is 19.4. The van der Waals surface area contributed by atoms with Gasteiger partial charge in [-0.05, 0) is 145 Å². The van der Waals surface area contributed by atoms with Crippen LogP contribution in [-0.2, 0) is 0 Å². The number of hydrogen-bond donors (Lipinski definition) is 0. The molecule has 0 spiro atoms. The molecule has 0 unspecified atom stereocenters. The van der Waals surface area contributed by atoms with Gasteiger partial charge in [0, 0.05) is 34.1 Å².